The number of nitrogens with zero attached hydrogens (tertiary/aromatic N) is 2. The highest BCUT2D eigenvalue weighted by Gasteiger charge is 2.24. The predicted molar refractivity (Wildman–Crippen MR) is 97.5 cm³/mol. The van der Waals surface area contributed by atoms with Gasteiger partial charge >= 0.3 is 12.2 Å². The molecular formula is C19H22N2O4. The van der Waals surface area contributed by atoms with Crippen molar-refractivity contribution in [3.63, 3.8) is 0 Å². The van der Waals surface area contributed by atoms with Crippen LogP contribution in [0.15, 0.2) is 48.5 Å². The van der Waals surface area contributed by atoms with Crippen molar-refractivity contribution in [2.45, 2.75) is 26.7 Å². The Hall–Kier alpha value is -3.02. The van der Waals surface area contributed by atoms with Crippen molar-refractivity contribution >= 4 is 23.6 Å². The second-order valence-electron chi connectivity index (χ2n) is 5.56. The molecule has 2 N–H and O–H groups in total. The van der Waals surface area contributed by atoms with Crippen LogP contribution in [0.1, 0.15) is 25.0 Å². The van der Waals surface area contributed by atoms with Crippen LogP contribution in [-0.4, -0.2) is 29.1 Å². The van der Waals surface area contributed by atoms with Gasteiger partial charge in [-0.3, -0.25) is 9.80 Å². The van der Waals surface area contributed by atoms with E-state index >= 15 is 0 Å². The third kappa shape index (κ3) is 4.29. The van der Waals surface area contributed by atoms with Crippen LogP contribution in [0.25, 0.3) is 0 Å². The van der Waals surface area contributed by atoms with Gasteiger partial charge in [0.1, 0.15) is 6.67 Å². The summed E-state index contributed by atoms with van der Waals surface area (Å²) in [5, 5.41) is 19.2. The predicted octanol–water partition coefficient (Wildman–Crippen LogP) is 4.44. The average molecular weight is 342 g/mol. The highest BCUT2D eigenvalue weighted by atomic mass is 16.4. The minimum Gasteiger partial charge on any atom is -0.465 e. The van der Waals surface area contributed by atoms with Crippen molar-refractivity contribution in [3.05, 3.63) is 59.7 Å². The summed E-state index contributed by atoms with van der Waals surface area (Å²) in [6.07, 6.45) is -0.904. The first-order valence-corrected chi connectivity index (χ1v) is 8.15. The summed E-state index contributed by atoms with van der Waals surface area (Å²) < 4.78 is 0. The molecule has 0 heterocycles. The van der Waals surface area contributed by atoms with E-state index in [0.717, 1.165) is 27.3 Å². The second kappa shape index (κ2) is 8.19. The zero-order valence-electron chi connectivity index (χ0n) is 14.3. The van der Waals surface area contributed by atoms with E-state index < -0.39 is 12.2 Å². The van der Waals surface area contributed by atoms with E-state index in [1.807, 2.05) is 38.1 Å². The molecule has 0 saturated carbocycles. The summed E-state index contributed by atoms with van der Waals surface area (Å²) in [5.74, 6) is 0. The molecule has 6 heteroatoms. The van der Waals surface area contributed by atoms with Gasteiger partial charge in [-0.15, -0.1) is 0 Å². The molecule has 0 unspecified atom stereocenters. The van der Waals surface area contributed by atoms with E-state index in [0.29, 0.717) is 17.8 Å². The maximum absolute atomic E-state index is 11.8. The van der Waals surface area contributed by atoms with Crippen molar-refractivity contribution in [2.75, 3.05) is 16.5 Å². The molecule has 0 spiro atoms. The van der Waals surface area contributed by atoms with Gasteiger partial charge in [-0.05, 0) is 42.2 Å². The summed E-state index contributed by atoms with van der Waals surface area (Å²) in [6.45, 7) is 3.64. The van der Waals surface area contributed by atoms with E-state index in [2.05, 4.69) is 0 Å². The van der Waals surface area contributed by atoms with Crippen LogP contribution in [0.2, 0.25) is 0 Å². The first-order chi connectivity index (χ1) is 12.0. The van der Waals surface area contributed by atoms with E-state index in [-0.39, 0.29) is 6.67 Å². The maximum atomic E-state index is 11.8. The second-order valence-corrected chi connectivity index (χ2v) is 5.56. The number of benzene rings is 2. The van der Waals surface area contributed by atoms with Crippen molar-refractivity contribution < 1.29 is 19.8 Å². The topological polar surface area (TPSA) is 81.1 Å². The molecule has 6 nitrogen and oxygen atoms in total. The van der Waals surface area contributed by atoms with Crippen LogP contribution in [0, 0.1) is 0 Å². The summed E-state index contributed by atoms with van der Waals surface area (Å²) in [4.78, 5) is 25.6. The molecule has 2 rings (SSSR count). The van der Waals surface area contributed by atoms with E-state index in [1.165, 1.54) is 0 Å². The largest absolute Gasteiger partial charge is 0.465 e. The van der Waals surface area contributed by atoms with Crippen molar-refractivity contribution in [1.29, 1.82) is 0 Å². The highest BCUT2D eigenvalue weighted by Crippen LogP contribution is 2.24. The Morgan fingerprint density at radius 2 is 1.44 bits per heavy atom. The van der Waals surface area contributed by atoms with Gasteiger partial charge in [0, 0.05) is 5.69 Å². The minimum absolute atomic E-state index is 0.298. The lowest BCUT2D eigenvalue weighted by Crippen LogP contribution is -2.44. The number of aryl methyl sites for hydroxylation is 2. The number of hydrogen-bond donors (Lipinski definition) is 2. The molecule has 0 aliphatic heterocycles. The fraction of sp³-hybridized carbons (Fsp3) is 0.263. The first-order valence-electron chi connectivity index (χ1n) is 8.15. The lowest BCUT2D eigenvalue weighted by atomic mass is 10.1. The van der Waals surface area contributed by atoms with Crippen LogP contribution in [0.5, 0.6) is 0 Å². The molecule has 2 amide bonds. The SMILES string of the molecule is CCc1ccc(N(CN(C(=O)O)c2ccccc2CC)C(=O)O)cc1. The monoisotopic (exact) mass is 342 g/mol. The van der Waals surface area contributed by atoms with Crippen LogP contribution in [0.3, 0.4) is 0 Å². The molecular weight excluding hydrogens is 320 g/mol. The average Bonchev–Trinajstić information content (AvgIpc) is 2.62. The van der Waals surface area contributed by atoms with E-state index in [1.54, 1.807) is 24.3 Å². The van der Waals surface area contributed by atoms with Crippen molar-refractivity contribution in [1.82, 2.24) is 0 Å². The standard InChI is InChI=1S/C19H22N2O4/c1-3-14-9-11-16(12-10-14)20(18(22)23)13-21(19(24)25)17-8-6-5-7-15(17)4-2/h5-12H,3-4,13H2,1-2H3,(H,22,23)(H,24,25). The molecule has 2 aromatic carbocycles. The lowest BCUT2D eigenvalue weighted by molar-refractivity contribution is 0.197. The van der Waals surface area contributed by atoms with Gasteiger partial charge in [0.05, 0.1) is 5.69 Å². The zero-order chi connectivity index (χ0) is 18.4. The quantitative estimate of drug-likeness (QED) is 0.761. The van der Waals surface area contributed by atoms with Gasteiger partial charge in [0.15, 0.2) is 0 Å². The van der Waals surface area contributed by atoms with Crippen LogP contribution < -0.4 is 9.80 Å². The first kappa shape index (κ1) is 18.3. The Balaban J connectivity index is 2.37. The van der Waals surface area contributed by atoms with Crippen molar-refractivity contribution in [2.24, 2.45) is 0 Å². The summed E-state index contributed by atoms with van der Waals surface area (Å²) in [6, 6.07) is 14.2. The van der Waals surface area contributed by atoms with Gasteiger partial charge < -0.3 is 10.2 Å². The Morgan fingerprint density at radius 3 is 1.96 bits per heavy atom. The van der Waals surface area contributed by atoms with Crippen molar-refractivity contribution in [3.8, 4) is 0 Å². The number of amides is 2. The van der Waals surface area contributed by atoms with Gasteiger partial charge in [0.2, 0.25) is 0 Å². The normalized spacial score (nSPS) is 10.3. The third-order valence-corrected chi connectivity index (χ3v) is 4.06. The molecule has 0 radical (unpaired) electrons. The number of carbonyl (C=O) groups is 2. The molecule has 2 aromatic rings. The van der Waals surface area contributed by atoms with Crippen LogP contribution in [-0.2, 0) is 12.8 Å². The Kier molecular flexibility index (Phi) is 6.00. The summed E-state index contributed by atoms with van der Waals surface area (Å²) in [5.41, 5.74) is 2.86. The Morgan fingerprint density at radius 1 is 0.840 bits per heavy atom. The fourth-order valence-corrected chi connectivity index (χ4v) is 2.62. The number of anilines is 2. The van der Waals surface area contributed by atoms with Crippen LogP contribution in [0.4, 0.5) is 21.0 Å². The summed E-state index contributed by atoms with van der Waals surface area (Å²) in [7, 11) is 0. The maximum Gasteiger partial charge on any atom is 0.413 e. The highest BCUT2D eigenvalue weighted by molar-refractivity contribution is 5.92. The van der Waals surface area contributed by atoms with Gasteiger partial charge in [0.25, 0.3) is 0 Å². The van der Waals surface area contributed by atoms with Crippen LogP contribution >= 0.6 is 0 Å². The molecule has 0 fully saturated rings. The lowest BCUT2D eigenvalue weighted by Gasteiger charge is -2.28. The molecule has 0 atom stereocenters. The third-order valence-electron chi connectivity index (χ3n) is 4.06. The van der Waals surface area contributed by atoms with E-state index in [4.69, 9.17) is 0 Å². The molecule has 25 heavy (non-hydrogen) atoms. The van der Waals surface area contributed by atoms with Gasteiger partial charge in [-0.25, -0.2) is 9.59 Å². The number of rotatable bonds is 6. The molecule has 0 saturated heterocycles. The van der Waals surface area contributed by atoms with Gasteiger partial charge in [-0.1, -0.05) is 44.2 Å². The number of hydrogen-bond acceptors (Lipinski definition) is 2. The minimum atomic E-state index is -1.20. The smallest absolute Gasteiger partial charge is 0.413 e. The molecule has 0 aromatic heterocycles. The number of para-hydroxylation sites is 1. The molecule has 0 bridgehead atoms. The molecule has 132 valence electrons. The number of carboxylic acid groups (broad SMARTS) is 2. The Labute approximate surface area is 146 Å². The van der Waals surface area contributed by atoms with E-state index in [9.17, 15) is 19.8 Å². The summed E-state index contributed by atoms with van der Waals surface area (Å²) >= 11 is 0. The molecule has 0 aliphatic rings. The Bertz CT molecular complexity index is 743. The van der Waals surface area contributed by atoms with Gasteiger partial charge in [-0.2, -0.15) is 0 Å². The fourth-order valence-electron chi connectivity index (χ4n) is 2.62. The molecule has 0 aliphatic carbocycles. The zero-order valence-corrected chi connectivity index (χ0v) is 14.3.